The number of amides is 2. The summed E-state index contributed by atoms with van der Waals surface area (Å²) < 4.78 is 0. The molecule has 4 nitrogen and oxygen atoms in total. The predicted molar refractivity (Wildman–Crippen MR) is 81.7 cm³/mol. The highest BCUT2D eigenvalue weighted by atomic mass is 35.5. The molecule has 2 aromatic rings. The highest BCUT2D eigenvalue weighted by molar-refractivity contribution is 6.65. The standard InChI is InChI=1S/C17H12ClNO3/c18-15(20)14(10-11-6-2-1-3-7-11)19-16(21)12-8-4-5-9-13(12)17(19)22/h1-9,14H,10H2/t14-/m0/s1. The van der Waals surface area contributed by atoms with Gasteiger partial charge in [0.2, 0.25) is 5.24 Å². The van der Waals surface area contributed by atoms with Crippen molar-refractivity contribution in [2.45, 2.75) is 12.5 Å². The van der Waals surface area contributed by atoms with Gasteiger partial charge in [0.25, 0.3) is 11.8 Å². The summed E-state index contributed by atoms with van der Waals surface area (Å²) in [7, 11) is 0. The van der Waals surface area contributed by atoms with E-state index in [9.17, 15) is 14.4 Å². The van der Waals surface area contributed by atoms with Gasteiger partial charge in [0.15, 0.2) is 0 Å². The van der Waals surface area contributed by atoms with E-state index < -0.39 is 23.1 Å². The normalized spacial score (nSPS) is 14.9. The van der Waals surface area contributed by atoms with Gasteiger partial charge in [0.05, 0.1) is 11.1 Å². The minimum atomic E-state index is -1.00. The van der Waals surface area contributed by atoms with Crippen molar-refractivity contribution < 1.29 is 14.4 Å². The first-order chi connectivity index (χ1) is 10.6. The van der Waals surface area contributed by atoms with Gasteiger partial charge in [-0.3, -0.25) is 19.3 Å². The van der Waals surface area contributed by atoms with Crippen LogP contribution in [0.15, 0.2) is 54.6 Å². The molecule has 1 aliphatic heterocycles. The Labute approximate surface area is 132 Å². The Morgan fingerprint density at radius 2 is 1.41 bits per heavy atom. The fourth-order valence-electron chi connectivity index (χ4n) is 2.60. The number of fused-ring (bicyclic) bond motifs is 1. The molecule has 0 radical (unpaired) electrons. The number of hydrogen-bond donors (Lipinski definition) is 0. The average Bonchev–Trinajstić information content (AvgIpc) is 2.78. The minimum absolute atomic E-state index is 0.203. The van der Waals surface area contributed by atoms with E-state index in [2.05, 4.69) is 0 Å². The second-order valence-electron chi connectivity index (χ2n) is 5.04. The molecular weight excluding hydrogens is 302 g/mol. The maximum atomic E-state index is 12.4. The SMILES string of the molecule is O=C(Cl)[C@H](Cc1ccccc1)N1C(=O)c2ccccc2C1=O. The van der Waals surface area contributed by atoms with Gasteiger partial charge in [-0.25, -0.2) is 0 Å². The number of benzene rings is 2. The van der Waals surface area contributed by atoms with E-state index in [0.717, 1.165) is 10.5 Å². The van der Waals surface area contributed by atoms with Gasteiger partial charge >= 0.3 is 0 Å². The monoisotopic (exact) mass is 313 g/mol. The summed E-state index contributed by atoms with van der Waals surface area (Å²) in [6, 6.07) is 14.7. The van der Waals surface area contributed by atoms with Crippen molar-refractivity contribution in [2.24, 2.45) is 0 Å². The zero-order valence-electron chi connectivity index (χ0n) is 11.5. The first kappa shape index (κ1) is 14.5. The first-order valence-electron chi connectivity index (χ1n) is 6.80. The Kier molecular flexibility index (Phi) is 3.77. The van der Waals surface area contributed by atoms with E-state index in [1.807, 2.05) is 30.3 Å². The molecule has 0 saturated carbocycles. The topological polar surface area (TPSA) is 54.5 Å². The molecule has 1 aliphatic rings. The second kappa shape index (κ2) is 5.73. The van der Waals surface area contributed by atoms with Crippen molar-refractivity contribution in [3.05, 3.63) is 71.3 Å². The van der Waals surface area contributed by atoms with Gasteiger partial charge in [-0.2, -0.15) is 0 Å². The van der Waals surface area contributed by atoms with Crippen molar-refractivity contribution in [1.29, 1.82) is 0 Å². The van der Waals surface area contributed by atoms with Crippen molar-refractivity contribution in [1.82, 2.24) is 4.90 Å². The second-order valence-corrected chi connectivity index (χ2v) is 5.41. The maximum absolute atomic E-state index is 12.4. The highest BCUT2D eigenvalue weighted by Crippen LogP contribution is 2.26. The molecule has 5 heteroatoms. The van der Waals surface area contributed by atoms with Gasteiger partial charge in [0.1, 0.15) is 6.04 Å². The van der Waals surface area contributed by atoms with E-state index in [0.29, 0.717) is 11.1 Å². The largest absolute Gasteiger partial charge is 0.279 e. The fourth-order valence-corrected chi connectivity index (χ4v) is 2.78. The Balaban J connectivity index is 1.95. The smallest absolute Gasteiger partial charge is 0.262 e. The molecule has 3 rings (SSSR count). The van der Waals surface area contributed by atoms with E-state index in [4.69, 9.17) is 11.6 Å². The van der Waals surface area contributed by atoms with Crippen LogP contribution in [-0.4, -0.2) is 28.0 Å². The molecule has 0 unspecified atom stereocenters. The Morgan fingerprint density at radius 3 is 1.91 bits per heavy atom. The molecule has 2 amide bonds. The molecule has 0 spiro atoms. The van der Waals surface area contributed by atoms with Crippen LogP contribution in [0.1, 0.15) is 26.3 Å². The summed E-state index contributed by atoms with van der Waals surface area (Å²) in [6.45, 7) is 0. The fraction of sp³-hybridized carbons (Fsp3) is 0.118. The van der Waals surface area contributed by atoms with Crippen LogP contribution in [0.5, 0.6) is 0 Å². The lowest BCUT2D eigenvalue weighted by Crippen LogP contribution is -2.44. The number of rotatable bonds is 4. The molecule has 2 aromatic carbocycles. The number of hydrogen-bond acceptors (Lipinski definition) is 3. The third-order valence-corrected chi connectivity index (χ3v) is 3.92. The Morgan fingerprint density at radius 1 is 0.909 bits per heavy atom. The summed E-state index contributed by atoms with van der Waals surface area (Å²) >= 11 is 5.66. The summed E-state index contributed by atoms with van der Waals surface area (Å²) in [4.78, 5) is 37.6. The number of carbonyl (C=O) groups is 3. The van der Waals surface area contributed by atoms with E-state index in [1.54, 1.807) is 24.3 Å². The number of nitrogens with zero attached hydrogens (tertiary/aromatic N) is 1. The highest BCUT2D eigenvalue weighted by Gasteiger charge is 2.42. The zero-order chi connectivity index (χ0) is 15.7. The lowest BCUT2D eigenvalue weighted by Gasteiger charge is -2.23. The molecule has 0 fully saturated rings. The lowest BCUT2D eigenvalue weighted by atomic mass is 10.1. The van der Waals surface area contributed by atoms with Crippen LogP contribution < -0.4 is 0 Å². The molecular formula is C17H12ClNO3. The number of carbonyl (C=O) groups excluding carboxylic acids is 3. The molecule has 0 aliphatic carbocycles. The molecule has 22 heavy (non-hydrogen) atoms. The van der Waals surface area contributed by atoms with Crippen molar-refractivity contribution in [3.63, 3.8) is 0 Å². The van der Waals surface area contributed by atoms with Crippen molar-refractivity contribution >= 4 is 28.7 Å². The Bertz CT molecular complexity index is 723. The summed E-state index contributed by atoms with van der Waals surface area (Å²) in [5.41, 5.74) is 1.45. The predicted octanol–water partition coefficient (Wildman–Crippen LogP) is 2.66. The van der Waals surface area contributed by atoms with Crippen LogP contribution in [0.2, 0.25) is 0 Å². The summed E-state index contributed by atoms with van der Waals surface area (Å²) in [5, 5.41) is -0.724. The van der Waals surface area contributed by atoms with Crippen LogP contribution in [0, 0.1) is 0 Å². The van der Waals surface area contributed by atoms with Gasteiger partial charge in [-0.05, 0) is 29.3 Å². The van der Waals surface area contributed by atoms with Crippen LogP contribution in [-0.2, 0) is 11.2 Å². The van der Waals surface area contributed by atoms with E-state index >= 15 is 0 Å². The van der Waals surface area contributed by atoms with Crippen molar-refractivity contribution in [2.75, 3.05) is 0 Å². The van der Waals surface area contributed by atoms with Gasteiger partial charge in [-0.1, -0.05) is 42.5 Å². The van der Waals surface area contributed by atoms with Gasteiger partial charge in [0, 0.05) is 6.42 Å². The molecule has 0 aromatic heterocycles. The number of halogens is 1. The minimum Gasteiger partial charge on any atom is -0.279 e. The third kappa shape index (κ3) is 2.42. The summed E-state index contributed by atoms with van der Waals surface area (Å²) in [6.07, 6.45) is 0.203. The third-order valence-electron chi connectivity index (χ3n) is 3.67. The molecule has 0 bridgehead atoms. The molecule has 0 saturated heterocycles. The van der Waals surface area contributed by atoms with Crippen LogP contribution in [0.4, 0.5) is 0 Å². The average molecular weight is 314 g/mol. The molecule has 110 valence electrons. The first-order valence-corrected chi connectivity index (χ1v) is 7.17. The van der Waals surface area contributed by atoms with Crippen LogP contribution >= 0.6 is 11.6 Å². The van der Waals surface area contributed by atoms with Crippen LogP contribution in [0.25, 0.3) is 0 Å². The van der Waals surface area contributed by atoms with Gasteiger partial charge in [-0.15, -0.1) is 0 Å². The quantitative estimate of drug-likeness (QED) is 0.644. The maximum Gasteiger partial charge on any atom is 0.262 e. The van der Waals surface area contributed by atoms with E-state index in [1.165, 1.54) is 0 Å². The molecule has 1 atom stereocenters. The zero-order valence-corrected chi connectivity index (χ0v) is 12.3. The number of imide groups is 1. The van der Waals surface area contributed by atoms with E-state index in [-0.39, 0.29) is 6.42 Å². The van der Waals surface area contributed by atoms with Gasteiger partial charge < -0.3 is 0 Å². The van der Waals surface area contributed by atoms with Crippen molar-refractivity contribution in [3.8, 4) is 0 Å². The Hall–Kier alpha value is -2.46. The molecule has 1 heterocycles. The molecule has 0 N–H and O–H groups in total. The lowest BCUT2D eigenvalue weighted by molar-refractivity contribution is -0.115. The van der Waals surface area contributed by atoms with Crippen LogP contribution in [0.3, 0.4) is 0 Å². The summed E-state index contributed by atoms with van der Waals surface area (Å²) in [5.74, 6) is -0.953.